The zero-order valence-electron chi connectivity index (χ0n) is 16.1. The molecule has 150 valence electrons. The minimum atomic E-state index is -0.652. The van der Waals surface area contributed by atoms with Crippen molar-refractivity contribution in [2.75, 3.05) is 6.54 Å². The molecule has 0 bridgehead atoms. The van der Waals surface area contributed by atoms with Crippen molar-refractivity contribution in [3.8, 4) is 0 Å². The van der Waals surface area contributed by atoms with Crippen LogP contribution in [-0.2, 0) is 32.1 Å². The summed E-state index contributed by atoms with van der Waals surface area (Å²) in [6.07, 6.45) is -0.930. The van der Waals surface area contributed by atoms with E-state index in [1.165, 1.54) is 14.7 Å². The molecular weight excluding hydrogens is 469 g/mol. The first-order chi connectivity index (χ1) is 13.5. The van der Waals surface area contributed by atoms with Crippen LogP contribution in [0.4, 0.5) is 0 Å². The van der Waals surface area contributed by atoms with Gasteiger partial charge in [0.2, 0.25) is 0 Å². The van der Waals surface area contributed by atoms with Gasteiger partial charge >= 0.3 is 0 Å². The van der Waals surface area contributed by atoms with Gasteiger partial charge in [-0.2, -0.15) is 0 Å². The molecule has 0 radical (unpaired) electrons. The second-order valence-electron chi connectivity index (χ2n) is 7.63. The highest BCUT2D eigenvalue weighted by atomic mass is 127. The van der Waals surface area contributed by atoms with Gasteiger partial charge in [0.05, 0.1) is 6.61 Å². The molecule has 0 spiro atoms. The molecule has 28 heavy (non-hydrogen) atoms. The van der Waals surface area contributed by atoms with E-state index < -0.39 is 12.1 Å². The lowest BCUT2D eigenvalue weighted by atomic mass is 10.1. The molecule has 2 saturated heterocycles. The summed E-state index contributed by atoms with van der Waals surface area (Å²) < 4.78 is 25.7. The number of halogens is 1. The van der Waals surface area contributed by atoms with Crippen molar-refractivity contribution >= 4 is 22.6 Å². The summed E-state index contributed by atoms with van der Waals surface area (Å²) in [5.41, 5.74) is 2.41. The highest BCUT2D eigenvalue weighted by Crippen LogP contribution is 2.39. The normalized spacial score (nSPS) is 28.4. The van der Waals surface area contributed by atoms with E-state index in [1.807, 2.05) is 44.2 Å². The molecule has 5 nitrogen and oxygen atoms in total. The fourth-order valence-electron chi connectivity index (χ4n) is 3.67. The SMILES string of the molecule is CC1(C)O[C@H]2O[C@H](CNCc3ccccc3)[C@H](OCc3ccccc3I)[C@H]2O1. The smallest absolute Gasteiger partial charge is 0.190 e. The predicted molar refractivity (Wildman–Crippen MR) is 115 cm³/mol. The zero-order chi connectivity index (χ0) is 19.6. The van der Waals surface area contributed by atoms with Gasteiger partial charge in [0.15, 0.2) is 12.1 Å². The van der Waals surface area contributed by atoms with E-state index in [-0.39, 0.29) is 18.3 Å². The van der Waals surface area contributed by atoms with E-state index in [1.54, 1.807) is 0 Å². The second-order valence-corrected chi connectivity index (χ2v) is 8.79. The summed E-state index contributed by atoms with van der Waals surface area (Å²) in [7, 11) is 0. The summed E-state index contributed by atoms with van der Waals surface area (Å²) in [6.45, 7) is 5.80. The molecule has 0 amide bonds. The average molecular weight is 495 g/mol. The fourth-order valence-corrected chi connectivity index (χ4v) is 4.21. The molecule has 0 aliphatic carbocycles. The highest BCUT2D eigenvalue weighted by molar-refractivity contribution is 14.1. The first-order valence-electron chi connectivity index (χ1n) is 9.62. The van der Waals surface area contributed by atoms with Crippen LogP contribution in [0.2, 0.25) is 0 Å². The standard InChI is InChI=1S/C22H26INO4/c1-22(2)27-20-19(25-14-16-10-6-7-11-17(16)23)18(26-21(20)28-22)13-24-12-15-8-4-3-5-9-15/h3-11,18-21,24H,12-14H2,1-2H3/t18-,19+,20-,21-/m1/s1. The van der Waals surface area contributed by atoms with E-state index in [0.29, 0.717) is 13.2 Å². The van der Waals surface area contributed by atoms with Crippen molar-refractivity contribution in [1.29, 1.82) is 0 Å². The summed E-state index contributed by atoms with van der Waals surface area (Å²) in [5.74, 6) is -0.652. The van der Waals surface area contributed by atoms with Crippen LogP contribution in [0.15, 0.2) is 54.6 Å². The zero-order valence-corrected chi connectivity index (χ0v) is 18.3. The predicted octanol–water partition coefficient (Wildman–Crippen LogP) is 3.84. The lowest BCUT2D eigenvalue weighted by Crippen LogP contribution is -2.41. The van der Waals surface area contributed by atoms with Gasteiger partial charge in [-0.15, -0.1) is 0 Å². The van der Waals surface area contributed by atoms with Gasteiger partial charge in [-0.05, 0) is 53.6 Å². The number of hydrogen-bond acceptors (Lipinski definition) is 5. The Labute approximate surface area is 179 Å². The van der Waals surface area contributed by atoms with Gasteiger partial charge in [-0.25, -0.2) is 0 Å². The van der Waals surface area contributed by atoms with Crippen LogP contribution in [0.3, 0.4) is 0 Å². The first-order valence-corrected chi connectivity index (χ1v) is 10.7. The molecule has 0 unspecified atom stereocenters. The quantitative estimate of drug-likeness (QED) is 0.592. The highest BCUT2D eigenvalue weighted by Gasteiger charge is 2.55. The van der Waals surface area contributed by atoms with Gasteiger partial charge in [0, 0.05) is 16.7 Å². The maximum atomic E-state index is 6.32. The number of hydrogen-bond donors (Lipinski definition) is 1. The Morgan fingerprint density at radius 1 is 1.04 bits per heavy atom. The summed E-state index contributed by atoms with van der Waals surface area (Å²) in [6, 6.07) is 18.6. The van der Waals surface area contributed by atoms with E-state index in [9.17, 15) is 0 Å². The average Bonchev–Trinajstić information content (AvgIpc) is 3.13. The van der Waals surface area contributed by atoms with Crippen molar-refractivity contribution < 1.29 is 18.9 Å². The Morgan fingerprint density at radius 2 is 1.79 bits per heavy atom. The van der Waals surface area contributed by atoms with Crippen LogP contribution in [0.5, 0.6) is 0 Å². The lowest BCUT2D eigenvalue weighted by molar-refractivity contribution is -0.218. The van der Waals surface area contributed by atoms with Crippen molar-refractivity contribution in [2.45, 2.75) is 57.4 Å². The van der Waals surface area contributed by atoms with Crippen LogP contribution in [0.25, 0.3) is 0 Å². The molecular formula is C22H26INO4. The van der Waals surface area contributed by atoms with Gasteiger partial charge in [0.25, 0.3) is 0 Å². The minimum Gasteiger partial charge on any atom is -0.368 e. The second kappa shape index (κ2) is 8.77. The Hall–Kier alpha value is -1.03. The Balaban J connectivity index is 1.40. The van der Waals surface area contributed by atoms with Gasteiger partial charge < -0.3 is 24.3 Å². The first kappa shape index (κ1) is 20.3. The third-order valence-electron chi connectivity index (χ3n) is 4.99. The Kier molecular flexibility index (Phi) is 6.34. The van der Waals surface area contributed by atoms with Crippen molar-refractivity contribution in [3.63, 3.8) is 0 Å². The van der Waals surface area contributed by atoms with Crippen molar-refractivity contribution in [2.24, 2.45) is 0 Å². The number of rotatable bonds is 7. The molecule has 2 aromatic rings. The maximum absolute atomic E-state index is 6.32. The molecule has 2 aliphatic rings. The molecule has 2 heterocycles. The van der Waals surface area contributed by atoms with Crippen LogP contribution < -0.4 is 5.32 Å². The van der Waals surface area contributed by atoms with E-state index in [0.717, 1.165) is 6.54 Å². The van der Waals surface area contributed by atoms with Crippen molar-refractivity contribution in [1.82, 2.24) is 5.32 Å². The van der Waals surface area contributed by atoms with Gasteiger partial charge in [0.1, 0.15) is 18.3 Å². The van der Waals surface area contributed by atoms with E-state index in [4.69, 9.17) is 18.9 Å². The lowest BCUT2D eigenvalue weighted by Gasteiger charge is -2.26. The molecule has 4 rings (SSSR count). The molecule has 4 atom stereocenters. The summed E-state index contributed by atoms with van der Waals surface area (Å²) >= 11 is 2.34. The van der Waals surface area contributed by atoms with Crippen LogP contribution in [0, 0.1) is 3.57 Å². The van der Waals surface area contributed by atoms with Crippen LogP contribution >= 0.6 is 22.6 Å². The third kappa shape index (κ3) is 4.75. The largest absolute Gasteiger partial charge is 0.368 e. The Bertz CT molecular complexity index is 785. The van der Waals surface area contributed by atoms with Crippen LogP contribution in [0.1, 0.15) is 25.0 Å². The van der Waals surface area contributed by atoms with E-state index in [2.05, 4.69) is 52.2 Å². The Morgan fingerprint density at radius 3 is 2.57 bits per heavy atom. The number of ether oxygens (including phenoxy) is 4. The number of fused-ring (bicyclic) bond motifs is 1. The maximum Gasteiger partial charge on any atom is 0.190 e. The van der Waals surface area contributed by atoms with E-state index >= 15 is 0 Å². The number of benzene rings is 2. The summed E-state index contributed by atoms with van der Waals surface area (Å²) in [5, 5.41) is 3.48. The molecule has 2 fully saturated rings. The summed E-state index contributed by atoms with van der Waals surface area (Å²) in [4.78, 5) is 0. The third-order valence-corrected chi connectivity index (χ3v) is 6.05. The molecule has 2 aliphatic heterocycles. The van der Waals surface area contributed by atoms with Gasteiger partial charge in [-0.3, -0.25) is 0 Å². The topological polar surface area (TPSA) is 49.0 Å². The number of nitrogens with one attached hydrogen (secondary N) is 1. The molecule has 2 aromatic carbocycles. The van der Waals surface area contributed by atoms with Crippen LogP contribution in [-0.4, -0.2) is 36.9 Å². The van der Waals surface area contributed by atoms with Gasteiger partial charge in [-0.1, -0.05) is 48.5 Å². The minimum absolute atomic E-state index is 0.129. The molecule has 0 aromatic heterocycles. The molecule has 1 N–H and O–H groups in total. The monoisotopic (exact) mass is 495 g/mol. The van der Waals surface area contributed by atoms with Crippen molar-refractivity contribution in [3.05, 3.63) is 69.3 Å². The fraction of sp³-hybridized carbons (Fsp3) is 0.455. The molecule has 0 saturated carbocycles. The molecule has 6 heteroatoms.